The van der Waals surface area contributed by atoms with Gasteiger partial charge in [-0.2, -0.15) is 0 Å². The van der Waals surface area contributed by atoms with Gasteiger partial charge in [0.1, 0.15) is 17.2 Å². The molecule has 200 valence electrons. The number of rotatable bonds is 18. The summed E-state index contributed by atoms with van der Waals surface area (Å²) in [5, 5.41) is 0. The number of benzene rings is 3. The summed E-state index contributed by atoms with van der Waals surface area (Å²) in [7, 11) is -1.69. The summed E-state index contributed by atoms with van der Waals surface area (Å²) in [4.78, 5) is 0. The molecule has 3 aromatic rings. The fourth-order valence-electron chi connectivity index (χ4n) is 4.39. The molecule has 0 saturated carbocycles. The number of hydrogen-bond acceptors (Lipinski definition) is 3. The molecule has 0 aliphatic carbocycles. The summed E-state index contributed by atoms with van der Waals surface area (Å²) >= 11 is 0. The van der Waals surface area contributed by atoms with E-state index in [0.717, 1.165) is 55.8 Å². The summed E-state index contributed by atoms with van der Waals surface area (Å²) < 4.78 is 19.7. The predicted molar refractivity (Wildman–Crippen MR) is 158 cm³/mol. The lowest BCUT2D eigenvalue weighted by atomic mass is 10.1. The summed E-state index contributed by atoms with van der Waals surface area (Å²) in [6, 6.07) is 25.0. The van der Waals surface area contributed by atoms with Crippen molar-refractivity contribution in [1.29, 1.82) is 0 Å². The van der Waals surface area contributed by atoms with Crippen LogP contribution in [0.3, 0.4) is 0 Å². The Hall–Kier alpha value is -2.51. The lowest BCUT2D eigenvalue weighted by Crippen LogP contribution is -2.06. The summed E-state index contributed by atoms with van der Waals surface area (Å²) in [6.45, 7) is 6.71. The molecule has 0 N–H and O–H groups in total. The van der Waals surface area contributed by atoms with Crippen LogP contribution in [-0.4, -0.2) is 0 Å². The van der Waals surface area contributed by atoms with Gasteiger partial charge in [-0.1, -0.05) is 114 Å². The molecule has 0 amide bonds. The molecule has 3 aromatic carbocycles. The zero-order valence-electron chi connectivity index (χ0n) is 23.1. The first-order valence-corrected chi connectivity index (χ1v) is 15.4. The highest BCUT2D eigenvalue weighted by atomic mass is 31.2. The quantitative estimate of drug-likeness (QED) is 0.123. The Bertz CT molecular complexity index is 903. The van der Waals surface area contributed by atoms with Crippen LogP contribution in [-0.2, 0) is 19.3 Å². The van der Waals surface area contributed by atoms with E-state index in [1.807, 2.05) is 36.4 Å². The van der Waals surface area contributed by atoms with Crippen molar-refractivity contribution in [2.24, 2.45) is 0 Å². The Balaban J connectivity index is 1.86. The van der Waals surface area contributed by atoms with Gasteiger partial charge >= 0.3 is 8.60 Å². The molecule has 0 aromatic heterocycles. The molecule has 3 nitrogen and oxygen atoms in total. The normalized spacial score (nSPS) is 11.0. The largest absolute Gasteiger partial charge is 0.530 e. The monoisotopic (exact) mass is 520 g/mol. The van der Waals surface area contributed by atoms with Crippen molar-refractivity contribution in [3.8, 4) is 17.2 Å². The lowest BCUT2D eigenvalue weighted by Gasteiger charge is -2.22. The summed E-state index contributed by atoms with van der Waals surface area (Å²) in [5.41, 5.74) is 3.63. The molecular formula is C33H45O3P. The number of aryl methyl sites for hydroxylation is 3. The second kappa shape index (κ2) is 17.1. The Morgan fingerprint density at radius 1 is 0.432 bits per heavy atom. The van der Waals surface area contributed by atoms with E-state index in [0.29, 0.717) is 0 Å². The minimum atomic E-state index is -1.69. The van der Waals surface area contributed by atoms with Gasteiger partial charge in [-0.25, -0.2) is 0 Å². The zero-order valence-corrected chi connectivity index (χ0v) is 24.0. The van der Waals surface area contributed by atoms with E-state index in [2.05, 4.69) is 57.2 Å². The van der Waals surface area contributed by atoms with Gasteiger partial charge in [0.2, 0.25) is 0 Å². The Morgan fingerprint density at radius 3 is 1.03 bits per heavy atom. The minimum absolute atomic E-state index is 0.858. The molecule has 0 atom stereocenters. The molecule has 0 aliphatic rings. The van der Waals surface area contributed by atoms with Crippen molar-refractivity contribution in [1.82, 2.24) is 0 Å². The average molecular weight is 521 g/mol. The summed E-state index contributed by atoms with van der Waals surface area (Å²) in [5.74, 6) is 2.57. The van der Waals surface area contributed by atoms with Crippen LogP contribution in [0.5, 0.6) is 17.2 Å². The smallest absolute Gasteiger partial charge is 0.408 e. The highest BCUT2D eigenvalue weighted by molar-refractivity contribution is 7.43. The molecule has 0 radical (unpaired) electrons. The van der Waals surface area contributed by atoms with Crippen LogP contribution in [0.15, 0.2) is 72.8 Å². The second-order valence-electron chi connectivity index (χ2n) is 9.69. The molecule has 4 heteroatoms. The van der Waals surface area contributed by atoms with Crippen LogP contribution < -0.4 is 13.6 Å². The molecule has 3 rings (SSSR count). The van der Waals surface area contributed by atoms with Gasteiger partial charge in [0.15, 0.2) is 0 Å². The Kier molecular flexibility index (Phi) is 13.4. The SMILES string of the molecule is CCCCCc1ccccc1OP(Oc1ccccc1CCCCC)Oc1ccccc1CCCCC. The van der Waals surface area contributed by atoms with Gasteiger partial charge in [-0.3, -0.25) is 0 Å². The standard InChI is InChI=1S/C33H45O3P/c1-4-7-10-19-28-22-13-16-25-31(28)34-37(35-32-26-17-14-23-29(32)20-11-8-5-2)36-33-27-18-15-24-30(33)21-12-9-6-3/h13-18,22-27H,4-12,19-21H2,1-3H3. The topological polar surface area (TPSA) is 27.7 Å². The van der Waals surface area contributed by atoms with Gasteiger partial charge in [0, 0.05) is 0 Å². The van der Waals surface area contributed by atoms with Gasteiger partial charge in [-0.15, -0.1) is 0 Å². The van der Waals surface area contributed by atoms with Crippen LogP contribution in [0.25, 0.3) is 0 Å². The zero-order chi connectivity index (χ0) is 26.1. The van der Waals surface area contributed by atoms with E-state index in [-0.39, 0.29) is 0 Å². The molecular weight excluding hydrogens is 475 g/mol. The predicted octanol–water partition coefficient (Wildman–Crippen LogP) is 10.6. The maximum absolute atomic E-state index is 6.57. The molecule has 0 heterocycles. The van der Waals surface area contributed by atoms with Gasteiger partial charge in [0.05, 0.1) is 0 Å². The van der Waals surface area contributed by atoms with Crippen molar-refractivity contribution in [2.75, 3.05) is 0 Å². The highest BCUT2D eigenvalue weighted by Gasteiger charge is 2.23. The lowest BCUT2D eigenvalue weighted by molar-refractivity contribution is 0.382. The van der Waals surface area contributed by atoms with E-state index >= 15 is 0 Å². The number of para-hydroxylation sites is 3. The van der Waals surface area contributed by atoms with Gasteiger partial charge < -0.3 is 13.6 Å². The van der Waals surface area contributed by atoms with Crippen LogP contribution in [0.2, 0.25) is 0 Å². The molecule has 0 spiro atoms. The van der Waals surface area contributed by atoms with Crippen LogP contribution in [0.4, 0.5) is 0 Å². The van der Waals surface area contributed by atoms with E-state index in [9.17, 15) is 0 Å². The second-order valence-corrected chi connectivity index (χ2v) is 10.7. The van der Waals surface area contributed by atoms with Crippen LogP contribution >= 0.6 is 8.60 Å². The highest BCUT2D eigenvalue weighted by Crippen LogP contribution is 2.45. The number of unbranched alkanes of at least 4 members (excludes halogenated alkanes) is 6. The van der Waals surface area contributed by atoms with Crippen molar-refractivity contribution in [3.05, 3.63) is 89.5 Å². The molecule has 0 saturated heterocycles. The first-order chi connectivity index (χ1) is 18.2. The average Bonchev–Trinajstić information content (AvgIpc) is 2.92. The summed E-state index contributed by atoms with van der Waals surface area (Å²) in [6.07, 6.45) is 13.7. The Labute approximate surface area is 226 Å². The third kappa shape index (κ3) is 10.0. The van der Waals surface area contributed by atoms with E-state index in [4.69, 9.17) is 13.6 Å². The van der Waals surface area contributed by atoms with Crippen molar-refractivity contribution in [3.63, 3.8) is 0 Å². The van der Waals surface area contributed by atoms with Crippen molar-refractivity contribution < 1.29 is 13.6 Å². The van der Waals surface area contributed by atoms with Gasteiger partial charge in [-0.05, 0) is 73.4 Å². The minimum Gasteiger partial charge on any atom is -0.408 e. The molecule has 37 heavy (non-hydrogen) atoms. The van der Waals surface area contributed by atoms with Crippen LogP contribution in [0.1, 0.15) is 95.2 Å². The van der Waals surface area contributed by atoms with Crippen molar-refractivity contribution >= 4 is 8.60 Å². The first-order valence-electron chi connectivity index (χ1n) is 14.3. The Morgan fingerprint density at radius 2 is 0.730 bits per heavy atom. The number of hydrogen-bond donors (Lipinski definition) is 0. The first kappa shape index (κ1) is 29.1. The van der Waals surface area contributed by atoms with Crippen molar-refractivity contribution in [2.45, 2.75) is 97.8 Å². The van der Waals surface area contributed by atoms with Gasteiger partial charge in [0.25, 0.3) is 0 Å². The molecule has 0 aliphatic heterocycles. The molecule has 0 unspecified atom stereocenters. The molecule has 0 fully saturated rings. The van der Waals surface area contributed by atoms with E-state index in [1.165, 1.54) is 55.2 Å². The third-order valence-corrected chi connectivity index (χ3v) is 7.62. The third-order valence-electron chi connectivity index (χ3n) is 6.59. The maximum atomic E-state index is 6.57. The van der Waals surface area contributed by atoms with E-state index in [1.54, 1.807) is 0 Å². The van der Waals surface area contributed by atoms with E-state index < -0.39 is 8.60 Å². The maximum Gasteiger partial charge on any atom is 0.530 e. The molecule has 0 bridgehead atoms. The fraction of sp³-hybridized carbons (Fsp3) is 0.455. The fourth-order valence-corrected chi connectivity index (χ4v) is 5.52. The van der Waals surface area contributed by atoms with Crippen LogP contribution in [0, 0.1) is 0 Å².